The third kappa shape index (κ3) is 2.94. The summed E-state index contributed by atoms with van der Waals surface area (Å²) in [5.74, 6) is 1.54. The molecule has 1 saturated heterocycles. The minimum atomic E-state index is -0.593. The van der Waals surface area contributed by atoms with Gasteiger partial charge in [-0.2, -0.15) is 0 Å². The molecule has 6 heteroatoms. The molecule has 1 aliphatic heterocycles. The Bertz CT molecular complexity index is 763. The van der Waals surface area contributed by atoms with E-state index in [-0.39, 0.29) is 21.9 Å². The van der Waals surface area contributed by atoms with Crippen LogP contribution in [0.15, 0.2) is 18.2 Å². The summed E-state index contributed by atoms with van der Waals surface area (Å²) in [5, 5.41) is 0.136. The van der Waals surface area contributed by atoms with E-state index in [1.807, 2.05) is 4.90 Å². The second-order valence-electron chi connectivity index (χ2n) is 9.38. The van der Waals surface area contributed by atoms with E-state index in [0.29, 0.717) is 32.1 Å². The van der Waals surface area contributed by atoms with Gasteiger partial charge in [0, 0.05) is 26.2 Å². The van der Waals surface area contributed by atoms with Gasteiger partial charge in [0.1, 0.15) is 5.82 Å². The van der Waals surface area contributed by atoms with Crippen molar-refractivity contribution in [3.8, 4) is 0 Å². The lowest BCUT2D eigenvalue weighted by molar-refractivity contribution is -0.159. The molecule has 4 nitrogen and oxygen atoms in total. The first-order chi connectivity index (χ1) is 13.4. The van der Waals surface area contributed by atoms with Gasteiger partial charge in [-0.15, -0.1) is 0 Å². The molecule has 150 valence electrons. The normalized spacial score (nSPS) is 34.0. The maximum Gasteiger partial charge on any atom is 0.258 e. The summed E-state index contributed by atoms with van der Waals surface area (Å²) < 4.78 is 14.1. The molecule has 2 amide bonds. The molecule has 4 bridgehead atoms. The van der Waals surface area contributed by atoms with Gasteiger partial charge in [-0.3, -0.25) is 9.59 Å². The lowest BCUT2D eigenvalue weighted by Crippen LogP contribution is -2.58. The molecule has 0 aromatic heterocycles. The van der Waals surface area contributed by atoms with Crippen LogP contribution >= 0.6 is 11.6 Å². The number of hydrogen-bond donors (Lipinski definition) is 0. The van der Waals surface area contributed by atoms with E-state index < -0.39 is 5.82 Å². The molecule has 4 aliphatic carbocycles. The Hall–Kier alpha value is -1.62. The summed E-state index contributed by atoms with van der Waals surface area (Å²) in [6, 6.07) is 4.28. The first-order valence-corrected chi connectivity index (χ1v) is 10.9. The monoisotopic (exact) mass is 404 g/mol. The molecule has 1 aromatic carbocycles. The second-order valence-corrected chi connectivity index (χ2v) is 9.79. The maximum atomic E-state index is 14.1. The van der Waals surface area contributed by atoms with Gasteiger partial charge < -0.3 is 9.80 Å². The Morgan fingerprint density at radius 3 is 2.00 bits per heavy atom. The molecule has 1 aromatic rings. The predicted octanol–water partition coefficient (Wildman–Crippen LogP) is 3.98. The minimum Gasteiger partial charge on any atom is -0.339 e. The van der Waals surface area contributed by atoms with E-state index in [1.165, 1.54) is 37.5 Å². The van der Waals surface area contributed by atoms with E-state index in [9.17, 15) is 14.0 Å². The summed E-state index contributed by atoms with van der Waals surface area (Å²) in [7, 11) is 0. The highest BCUT2D eigenvalue weighted by atomic mass is 35.5. The Morgan fingerprint density at radius 1 is 0.929 bits per heavy atom. The zero-order valence-corrected chi connectivity index (χ0v) is 16.8. The Labute approximate surface area is 170 Å². The van der Waals surface area contributed by atoms with Crippen molar-refractivity contribution in [2.45, 2.75) is 38.5 Å². The fourth-order valence-corrected chi connectivity index (χ4v) is 6.92. The van der Waals surface area contributed by atoms with Crippen LogP contribution in [-0.2, 0) is 4.79 Å². The van der Waals surface area contributed by atoms with E-state index in [0.717, 1.165) is 37.0 Å². The molecule has 0 radical (unpaired) electrons. The van der Waals surface area contributed by atoms with Crippen molar-refractivity contribution in [2.75, 3.05) is 26.2 Å². The van der Waals surface area contributed by atoms with Crippen molar-refractivity contribution in [3.05, 3.63) is 34.6 Å². The van der Waals surface area contributed by atoms with Gasteiger partial charge in [0.25, 0.3) is 5.91 Å². The molecule has 5 fully saturated rings. The summed E-state index contributed by atoms with van der Waals surface area (Å²) in [6.45, 7) is 1.92. The van der Waals surface area contributed by atoms with E-state index >= 15 is 0 Å². The largest absolute Gasteiger partial charge is 0.339 e. The first kappa shape index (κ1) is 18.4. The zero-order chi connectivity index (χ0) is 19.5. The van der Waals surface area contributed by atoms with Crippen molar-refractivity contribution < 1.29 is 14.0 Å². The maximum absolute atomic E-state index is 14.1. The number of rotatable bonds is 2. The molecule has 0 N–H and O–H groups in total. The van der Waals surface area contributed by atoms with Crippen molar-refractivity contribution in [1.82, 2.24) is 9.80 Å². The van der Waals surface area contributed by atoms with Crippen LogP contribution in [-0.4, -0.2) is 47.8 Å². The minimum absolute atomic E-state index is 0.0648. The van der Waals surface area contributed by atoms with Crippen LogP contribution in [0.3, 0.4) is 0 Å². The Balaban J connectivity index is 1.26. The van der Waals surface area contributed by atoms with Gasteiger partial charge in [0.15, 0.2) is 0 Å². The standard InChI is InChI=1S/C22H26ClFN2O2/c23-17-2-1-3-18(24)19(17)20(27)25-4-6-26(7-5-25)21(28)22-11-14-8-15(12-22)10-16(9-14)13-22/h1-3,14-16H,4-13H2. The third-order valence-electron chi connectivity index (χ3n) is 7.52. The van der Waals surface area contributed by atoms with Crippen LogP contribution < -0.4 is 0 Å². The van der Waals surface area contributed by atoms with Crippen LogP contribution in [0.4, 0.5) is 4.39 Å². The molecule has 4 saturated carbocycles. The topological polar surface area (TPSA) is 40.6 Å². The molecular weight excluding hydrogens is 379 g/mol. The fraction of sp³-hybridized carbons (Fsp3) is 0.636. The highest BCUT2D eigenvalue weighted by molar-refractivity contribution is 6.33. The zero-order valence-electron chi connectivity index (χ0n) is 16.0. The number of amides is 2. The molecule has 1 heterocycles. The molecule has 0 atom stereocenters. The van der Waals surface area contributed by atoms with Gasteiger partial charge in [0.05, 0.1) is 16.0 Å². The number of carbonyl (C=O) groups excluding carboxylic acids is 2. The number of piperazine rings is 1. The van der Waals surface area contributed by atoms with E-state index in [2.05, 4.69) is 0 Å². The molecule has 0 spiro atoms. The van der Waals surface area contributed by atoms with Crippen molar-refractivity contribution >= 4 is 23.4 Å². The quantitative estimate of drug-likeness (QED) is 0.748. The van der Waals surface area contributed by atoms with Gasteiger partial charge in [-0.25, -0.2) is 4.39 Å². The van der Waals surface area contributed by atoms with Gasteiger partial charge in [-0.05, 0) is 68.4 Å². The lowest BCUT2D eigenvalue weighted by Gasteiger charge is -2.57. The third-order valence-corrected chi connectivity index (χ3v) is 7.84. The summed E-state index contributed by atoms with van der Waals surface area (Å²) in [5.41, 5.74) is -0.208. The first-order valence-electron chi connectivity index (χ1n) is 10.5. The highest BCUT2D eigenvalue weighted by Crippen LogP contribution is 2.60. The van der Waals surface area contributed by atoms with Crippen LogP contribution in [0, 0.1) is 29.0 Å². The molecule has 0 unspecified atom stereocenters. The second kappa shape index (κ2) is 6.72. The van der Waals surface area contributed by atoms with Crippen LogP contribution in [0.2, 0.25) is 5.02 Å². The average molecular weight is 405 g/mol. The number of hydrogen-bond acceptors (Lipinski definition) is 2. The number of carbonyl (C=O) groups is 2. The highest BCUT2D eigenvalue weighted by Gasteiger charge is 2.55. The number of nitrogens with zero attached hydrogens (tertiary/aromatic N) is 2. The van der Waals surface area contributed by atoms with Crippen LogP contribution in [0.1, 0.15) is 48.9 Å². The molecule has 5 aliphatic rings. The van der Waals surface area contributed by atoms with Crippen molar-refractivity contribution in [3.63, 3.8) is 0 Å². The van der Waals surface area contributed by atoms with Crippen LogP contribution in [0.5, 0.6) is 0 Å². The van der Waals surface area contributed by atoms with Gasteiger partial charge in [0.2, 0.25) is 5.91 Å². The smallest absolute Gasteiger partial charge is 0.258 e. The summed E-state index contributed by atoms with van der Waals surface area (Å²) in [4.78, 5) is 29.8. The summed E-state index contributed by atoms with van der Waals surface area (Å²) in [6.07, 6.45) is 7.13. The van der Waals surface area contributed by atoms with E-state index in [4.69, 9.17) is 11.6 Å². The van der Waals surface area contributed by atoms with Gasteiger partial charge in [-0.1, -0.05) is 17.7 Å². The summed E-state index contributed by atoms with van der Waals surface area (Å²) >= 11 is 6.05. The number of benzene rings is 1. The average Bonchev–Trinajstić information content (AvgIpc) is 2.66. The van der Waals surface area contributed by atoms with Crippen molar-refractivity contribution in [1.29, 1.82) is 0 Å². The Kier molecular flexibility index (Phi) is 4.42. The molecule has 28 heavy (non-hydrogen) atoms. The predicted molar refractivity (Wildman–Crippen MR) is 104 cm³/mol. The lowest BCUT2D eigenvalue weighted by atomic mass is 9.49. The van der Waals surface area contributed by atoms with E-state index in [1.54, 1.807) is 4.90 Å². The molecular formula is C22H26ClFN2O2. The van der Waals surface area contributed by atoms with Crippen LogP contribution in [0.25, 0.3) is 0 Å². The van der Waals surface area contributed by atoms with Crippen molar-refractivity contribution in [2.24, 2.45) is 23.2 Å². The Morgan fingerprint density at radius 2 is 1.46 bits per heavy atom. The number of halogens is 2. The molecule has 6 rings (SSSR count). The fourth-order valence-electron chi connectivity index (χ4n) is 6.68. The SMILES string of the molecule is O=C(c1c(F)cccc1Cl)N1CCN(C(=O)C23CC4CC(CC(C4)C2)C3)CC1. The van der Waals surface area contributed by atoms with Gasteiger partial charge >= 0.3 is 0 Å².